The molecule has 3 aromatic rings. The van der Waals surface area contributed by atoms with Crippen LogP contribution in [0.2, 0.25) is 5.02 Å². The molecule has 0 radical (unpaired) electrons. The number of nitrogens with one attached hydrogen (secondary N) is 1. The van der Waals surface area contributed by atoms with Gasteiger partial charge >= 0.3 is 0 Å². The summed E-state index contributed by atoms with van der Waals surface area (Å²) in [6.45, 7) is 9.04. The summed E-state index contributed by atoms with van der Waals surface area (Å²) in [6.07, 6.45) is 0. The van der Waals surface area contributed by atoms with Gasteiger partial charge in [-0.25, -0.2) is 0 Å². The number of halogens is 1. The van der Waals surface area contributed by atoms with E-state index in [0.29, 0.717) is 72.7 Å². The fourth-order valence-electron chi connectivity index (χ4n) is 4.35. The maximum absolute atomic E-state index is 13.3. The molecule has 1 aliphatic rings. The smallest absolute Gasteiger partial charge is 0.255 e. The highest BCUT2D eigenvalue weighted by molar-refractivity contribution is 6.34. The van der Waals surface area contributed by atoms with Crippen molar-refractivity contribution < 1.29 is 19.1 Å². The van der Waals surface area contributed by atoms with Crippen molar-refractivity contribution in [2.75, 3.05) is 49.6 Å². The minimum Gasteiger partial charge on any atom is -0.494 e. The number of carbonyl (C=O) groups is 2. The molecule has 37 heavy (non-hydrogen) atoms. The van der Waals surface area contributed by atoms with Gasteiger partial charge in [-0.3, -0.25) is 9.59 Å². The van der Waals surface area contributed by atoms with E-state index in [1.165, 1.54) is 0 Å². The lowest BCUT2D eigenvalue weighted by molar-refractivity contribution is 0.0746. The first-order valence-corrected chi connectivity index (χ1v) is 12.9. The molecule has 1 heterocycles. The van der Waals surface area contributed by atoms with Crippen LogP contribution in [0.4, 0.5) is 11.4 Å². The molecular weight excluding hydrogens is 490 g/mol. The van der Waals surface area contributed by atoms with Gasteiger partial charge in [0, 0.05) is 43.4 Å². The zero-order chi connectivity index (χ0) is 26.4. The van der Waals surface area contributed by atoms with Gasteiger partial charge in [0.25, 0.3) is 11.8 Å². The molecule has 0 unspecified atom stereocenters. The number of hydrogen-bond donors (Lipinski definition) is 1. The van der Waals surface area contributed by atoms with E-state index in [9.17, 15) is 9.59 Å². The van der Waals surface area contributed by atoms with Crippen LogP contribution < -0.4 is 19.7 Å². The second-order valence-electron chi connectivity index (χ2n) is 8.79. The monoisotopic (exact) mass is 521 g/mol. The fourth-order valence-corrected chi connectivity index (χ4v) is 4.64. The van der Waals surface area contributed by atoms with Crippen molar-refractivity contribution in [1.82, 2.24) is 4.90 Å². The third-order valence-electron chi connectivity index (χ3n) is 6.18. The standard InChI is InChI=1S/C29H32ClN3O4/c1-4-36-23-17-22(18-24(19-23)37-5-2)28(34)31-26-8-6-7-25(30)27(26)32-13-15-33(16-14-32)29(35)21-11-9-20(3)10-12-21/h6-12,17-19H,4-5,13-16H2,1-3H3,(H,31,34). The van der Waals surface area contributed by atoms with Crippen molar-refractivity contribution in [2.45, 2.75) is 20.8 Å². The number of anilines is 2. The number of ether oxygens (including phenoxy) is 2. The zero-order valence-corrected chi connectivity index (χ0v) is 22.2. The second kappa shape index (κ2) is 12.0. The van der Waals surface area contributed by atoms with Gasteiger partial charge in [-0.2, -0.15) is 0 Å². The summed E-state index contributed by atoms with van der Waals surface area (Å²) in [5.41, 5.74) is 3.58. The predicted octanol–water partition coefficient (Wildman–Crippen LogP) is 5.66. The number of amides is 2. The Hall–Kier alpha value is -3.71. The Morgan fingerprint density at radius 3 is 2.08 bits per heavy atom. The van der Waals surface area contributed by atoms with Crippen molar-refractivity contribution in [3.63, 3.8) is 0 Å². The van der Waals surface area contributed by atoms with E-state index in [1.807, 2.05) is 56.0 Å². The average Bonchev–Trinajstić information content (AvgIpc) is 2.89. The van der Waals surface area contributed by atoms with Crippen LogP contribution in [0.25, 0.3) is 0 Å². The highest BCUT2D eigenvalue weighted by atomic mass is 35.5. The summed E-state index contributed by atoms with van der Waals surface area (Å²) in [7, 11) is 0. The van der Waals surface area contributed by atoms with E-state index >= 15 is 0 Å². The van der Waals surface area contributed by atoms with Crippen LogP contribution in [-0.2, 0) is 0 Å². The van der Waals surface area contributed by atoms with Crippen LogP contribution in [0, 0.1) is 6.92 Å². The summed E-state index contributed by atoms with van der Waals surface area (Å²) in [4.78, 5) is 30.2. The molecule has 7 nitrogen and oxygen atoms in total. The molecule has 3 aromatic carbocycles. The SMILES string of the molecule is CCOc1cc(OCC)cc(C(=O)Nc2cccc(Cl)c2N2CCN(C(=O)c3ccc(C)cc3)CC2)c1. The lowest BCUT2D eigenvalue weighted by atomic mass is 10.1. The molecule has 0 bridgehead atoms. The summed E-state index contributed by atoms with van der Waals surface area (Å²) in [6, 6.07) is 18.2. The summed E-state index contributed by atoms with van der Waals surface area (Å²) >= 11 is 6.62. The lowest BCUT2D eigenvalue weighted by Gasteiger charge is -2.37. The molecule has 4 rings (SSSR count). The third-order valence-corrected chi connectivity index (χ3v) is 6.49. The van der Waals surface area contributed by atoms with Crippen LogP contribution >= 0.6 is 11.6 Å². The van der Waals surface area contributed by atoms with Crippen molar-refractivity contribution in [3.05, 3.63) is 82.4 Å². The maximum atomic E-state index is 13.3. The number of nitrogens with zero attached hydrogens (tertiary/aromatic N) is 2. The minimum absolute atomic E-state index is 0.0200. The molecule has 1 fully saturated rings. The lowest BCUT2D eigenvalue weighted by Crippen LogP contribution is -2.49. The van der Waals surface area contributed by atoms with Crippen LogP contribution in [0.5, 0.6) is 11.5 Å². The largest absolute Gasteiger partial charge is 0.494 e. The maximum Gasteiger partial charge on any atom is 0.255 e. The Bertz CT molecular complexity index is 1230. The molecular formula is C29H32ClN3O4. The molecule has 1 saturated heterocycles. The van der Waals surface area contributed by atoms with Gasteiger partial charge in [-0.15, -0.1) is 0 Å². The molecule has 0 aliphatic carbocycles. The summed E-state index contributed by atoms with van der Waals surface area (Å²) in [5, 5.41) is 3.55. The van der Waals surface area contributed by atoms with Crippen molar-refractivity contribution >= 4 is 34.8 Å². The number of carbonyl (C=O) groups excluding carboxylic acids is 2. The average molecular weight is 522 g/mol. The quantitative estimate of drug-likeness (QED) is 0.414. The Morgan fingerprint density at radius 1 is 0.865 bits per heavy atom. The molecule has 1 aliphatic heterocycles. The molecule has 0 spiro atoms. The molecule has 0 aromatic heterocycles. The van der Waals surface area contributed by atoms with Crippen LogP contribution in [0.3, 0.4) is 0 Å². The first-order valence-electron chi connectivity index (χ1n) is 12.5. The fraction of sp³-hybridized carbons (Fsp3) is 0.310. The van der Waals surface area contributed by atoms with Crippen molar-refractivity contribution in [3.8, 4) is 11.5 Å². The molecule has 8 heteroatoms. The third kappa shape index (κ3) is 6.35. The number of para-hydroxylation sites is 1. The molecule has 0 atom stereocenters. The van der Waals surface area contributed by atoms with Gasteiger partial charge in [0.1, 0.15) is 11.5 Å². The number of benzene rings is 3. The van der Waals surface area contributed by atoms with E-state index < -0.39 is 0 Å². The van der Waals surface area contributed by atoms with Crippen LogP contribution in [-0.4, -0.2) is 56.1 Å². The number of hydrogen-bond acceptors (Lipinski definition) is 5. The molecule has 194 valence electrons. The number of rotatable bonds is 8. The topological polar surface area (TPSA) is 71.1 Å². The Balaban J connectivity index is 1.50. The van der Waals surface area contributed by atoms with Gasteiger partial charge in [0.05, 0.1) is 29.6 Å². The predicted molar refractivity (Wildman–Crippen MR) is 147 cm³/mol. The van der Waals surface area contributed by atoms with Gasteiger partial charge in [0.15, 0.2) is 0 Å². The Kier molecular flexibility index (Phi) is 8.56. The number of aryl methyl sites for hydroxylation is 1. The van der Waals surface area contributed by atoms with Gasteiger partial charge in [-0.1, -0.05) is 35.4 Å². The van der Waals surface area contributed by atoms with Crippen LogP contribution in [0.15, 0.2) is 60.7 Å². The minimum atomic E-state index is -0.292. The first-order chi connectivity index (χ1) is 17.9. The number of piperazine rings is 1. The van der Waals surface area contributed by atoms with E-state index in [4.69, 9.17) is 21.1 Å². The van der Waals surface area contributed by atoms with Gasteiger partial charge in [0.2, 0.25) is 0 Å². The van der Waals surface area contributed by atoms with E-state index in [-0.39, 0.29) is 11.8 Å². The highest BCUT2D eigenvalue weighted by Crippen LogP contribution is 2.35. The van der Waals surface area contributed by atoms with Crippen molar-refractivity contribution in [2.24, 2.45) is 0 Å². The molecule has 0 saturated carbocycles. The second-order valence-corrected chi connectivity index (χ2v) is 9.20. The Labute approximate surface area is 222 Å². The molecule has 2 amide bonds. The van der Waals surface area contributed by atoms with Gasteiger partial charge in [-0.05, 0) is 57.2 Å². The van der Waals surface area contributed by atoms with E-state index in [1.54, 1.807) is 30.3 Å². The first kappa shape index (κ1) is 26.4. The summed E-state index contributed by atoms with van der Waals surface area (Å²) in [5.74, 6) is 0.865. The molecule has 1 N–H and O–H groups in total. The highest BCUT2D eigenvalue weighted by Gasteiger charge is 2.25. The van der Waals surface area contributed by atoms with Crippen molar-refractivity contribution in [1.29, 1.82) is 0 Å². The van der Waals surface area contributed by atoms with Gasteiger partial charge < -0.3 is 24.6 Å². The summed E-state index contributed by atoms with van der Waals surface area (Å²) < 4.78 is 11.2. The Morgan fingerprint density at radius 2 is 1.49 bits per heavy atom. The zero-order valence-electron chi connectivity index (χ0n) is 21.4. The van der Waals surface area contributed by atoms with Crippen LogP contribution in [0.1, 0.15) is 40.1 Å². The van der Waals surface area contributed by atoms with E-state index in [2.05, 4.69) is 10.2 Å². The normalized spacial score (nSPS) is 13.3. The van der Waals surface area contributed by atoms with E-state index in [0.717, 1.165) is 11.3 Å².